The zero-order valence-corrected chi connectivity index (χ0v) is 23.4. The van der Waals surface area contributed by atoms with Gasteiger partial charge >= 0.3 is 0 Å². The van der Waals surface area contributed by atoms with Gasteiger partial charge in [0.1, 0.15) is 0 Å². The topological polar surface area (TPSA) is 153 Å². The summed E-state index contributed by atoms with van der Waals surface area (Å²) in [4.78, 5) is 54.2. The summed E-state index contributed by atoms with van der Waals surface area (Å²) in [6.07, 6.45) is 5.73. The second-order valence-corrected chi connectivity index (χ2v) is 9.63. The Hall–Kier alpha value is -5.84. The maximum absolute atomic E-state index is 13.3. The molecule has 2 heterocycles. The van der Waals surface area contributed by atoms with Gasteiger partial charge in [-0.25, -0.2) is 4.98 Å². The van der Waals surface area contributed by atoms with Crippen molar-refractivity contribution >= 4 is 51.8 Å². The lowest BCUT2D eigenvalue weighted by Gasteiger charge is -2.16. The van der Waals surface area contributed by atoms with E-state index >= 15 is 0 Å². The zero-order chi connectivity index (χ0) is 30.0. The fraction of sp³-hybridized carbons (Fsp3) is 0.125. The lowest BCUT2D eigenvalue weighted by Crippen LogP contribution is -2.37. The van der Waals surface area contributed by atoms with E-state index in [0.717, 1.165) is 16.3 Å². The average molecular weight is 575 g/mol. The third kappa shape index (κ3) is 7.88. The molecule has 0 bridgehead atoms. The van der Waals surface area contributed by atoms with Crippen LogP contribution >= 0.6 is 0 Å². The number of aromatic nitrogens is 3. The molecule has 0 saturated carbocycles. The standard InChI is InChI=1S/C32H30N8O3/c1-33-31(39-29(42)19-25-17-22-9-5-6-10-23(22)20-36-25)38-27-13-12-24(18-26(27)30(43)40-32-34-15-16-35-32)37-28(41)14-11-21-7-3-2-4-8-21/h2-10,12-13,15-18,20H,11,14,19H2,1H3,(H,37,41)(H2,33,38,39,42)(H2,34,35,40,43). The van der Waals surface area contributed by atoms with Gasteiger partial charge in [0.15, 0.2) is 0 Å². The molecule has 0 aliphatic heterocycles. The van der Waals surface area contributed by atoms with E-state index in [2.05, 4.69) is 41.2 Å². The van der Waals surface area contributed by atoms with Crippen LogP contribution < -0.4 is 21.3 Å². The summed E-state index contributed by atoms with van der Waals surface area (Å²) in [5.74, 6) is -0.613. The minimum Gasteiger partial charge on any atom is -0.331 e. The van der Waals surface area contributed by atoms with Crippen LogP contribution in [0.15, 0.2) is 102 Å². The number of hydrogen-bond donors (Lipinski definition) is 5. The number of H-pyrrole nitrogens is 1. The molecule has 5 N–H and O–H groups in total. The molecule has 0 atom stereocenters. The molecule has 5 aromatic rings. The van der Waals surface area contributed by atoms with E-state index in [0.29, 0.717) is 23.5 Å². The molecule has 0 saturated heterocycles. The van der Waals surface area contributed by atoms with Crippen molar-refractivity contribution in [1.29, 1.82) is 0 Å². The van der Waals surface area contributed by atoms with Crippen LogP contribution in [0.1, 0.15) is 28.0 Å². The van der Waals surface area contributed by atoms with Crippen molar-refractivity contribution in [3.8, 4) is 0 Å². The highest BCUT2D eigenvalue weighted by Crippen LogP contribution is 2.22. The summed E-state index contributed by atoms with van der Waals surface area (Å²) in [5.41, 5.74) is 2.66. The van der Waals surface area contributed by atoms with E-state index in [-0.39, 0.29) is 42.1 Å². The SMILES string of the molecule is CN=C(NC(=O)Cc1cc2ccccc2cn1)Nc1ccc(NC(=O)CCc2ccccc2)cc1C(=O)Nc1ncc[nH]1. The normalized spacial score (nSPS) is 11.1. The van der Waals surface area contributed by atoms with Crippen molar-refractivity contribution in [2.24, 2.45) is 4.99 Å². The number of aromatic amines is 1. The number of nitrogens with zero attached hydrogens (tertiary/aromatic N) is 3. The Balaban J connectivity index is 1.28. The Bertz CT molecular complexity index is 1770. The highest BCUT2D eigenvalue weighted by Gasteiger charge is 2.17. The molecule has 0 radical (unpaired) electrons. The summed E-state index contributed by atoms with van der Waals surface area (Å²) in [7, 11) is 1.51. The molecule has 2 aromatic heterocycles. The molecule has 0 aliphatic carbocycles. The lowest BCUT2D eigenvalue weighted by molar-refractivity contribution is -0.119. The molecule has 216 valence electrons. The number of amides is 3. The van der Waals surface area contributed by atoms with Gasteiger partial charge < -0.3 is 15.6 Å². The number of benzene rings is 3. The van der Waals surface area contributed by atoms with Crippen molar-refractivity contribution in [3.63, 3.8) is 0 Å². The fourth-order valence-corrected chi connectivity index (χ4v) is 4.39. The second-order valence-electron chi connectivity index (χ2n) is 9.63. The molecule has 3 amide bonds. The first-order valence-corrected chi connectivity index (χ1v) is 13.6. The summed E-state index contributed by atoms with van der Waals surface area (Å²) in [5, 5.41) is 13.3. The predicted octanol–water partition coefficient (Wildman–Crippen LogP) is 4.54. The Labute approximate surface area is 247 Å². The zero-order valence-electron chi connectivity index (χ0n) is 23.4. The van der Waals surface area contributed by atoms with Gasteiger partial charge in [-0.1, -0.05) is 54.6 Å². The molecule has 11 nitrogen and oxygen atoms in total. The van der Waals surface area contributed by atoms with Crippen LogP contribution in [0, 0.1) is 0 Å². The van der Waals surface area contributed by atoms with Gasteiger partial charge in [-0.2, -0.15) is 0 Å². The van der Waals surface area contributed by atoms with Gasteiger partial charge in [0.2, 0.25) is 23.7 Å². The summed E-state index contributed by atoms with van der Waals surface area (Å²) < 4.78 is 0. The maximum atomic E-state index is 13.3. The number of carbonyl (C=O) groups is 3. The fourth-order valence-electron chi connectivity index (χ4n) is 4.39. The summed E-state index contributed by atoms with van der Waals surface area (Å²) in [6.45, 7) is 0. The number of imidazole rings is 1. The van der Waals surface area contributed by atoms with Crippen molar-refractivity contribution in [2.45, 2.75) is 19.3 Å². The monoisotopic (exact) mass is 574 g/mol. The van der Waals surface area contributed by atoms with Gasteiger partial charge in [-0.3, -0.25) is 35.0 Å². The smallest absolute Gasteiger partial charge is 0.260 e. The van der Waals surface area contributed by atoms with Crippen LogP contribution in [0.25, 0.3) is 10.8 Å². The van der Waals surface area contributed by atoms with Gasteiger partial charge in [0.25, 0.3) is 5.91 Å². The number of rotatable bonds is 9. The van der Waals surface area contributed by atoms with Crippen LogP contribution in [0.4, 0.5) is 17.3 Å². The van der Waals surface area contributed by atoms with Crippen molar-refractivity contribution in [2.75, 3.05) is 23.0 Å². The second kappa shape index (κ2) is 13.7. The molecule has 5 rings (SSSR count). The van der Waals surface area contributed by atoms with Crippen molar-refractivity contribution < 1.29 is 14.4 Å². The van der Waals surface area contributed by atoms with Crippen LogP contribution in [0.3, 0.4) is 0 Å². The number of hydrogen-bond acceptors (Lipinski definition) is 6. The predicted molar refractivity (Wildman–Crippen MR) is 167 cm³/mol. The van der Waals surface area contributed by atoms with Gasteiger partial charge in [0, 0.05) is 43.1 Å². The van der Waals surface area contributed by atoms with E-state index in [1.807, 2.05) is 60.7 Å². The lowest BCUT2D eigenvalue weighted by atomic mass is 10.1. The number of fused-ring (bicyclic) bond motifs is 1. The molecule has 3 aromatic carbocycles. The van der Waals surface area contributed by atoms with E-state index in [1.165, 1.54) is 13.2 Å². The van der Waals surface area contributed by atoms with E-state index in [9.17, 15) is 14.4 Å². The van der Waals surface area contributed by atoms with E-state index in [1.54, 1.807) is 30.6 Å². The molecular formula is C32H30N8O3. The number of nitrogens with one attached hydrogen (secondary N) is 5. The van der Waals surface area contributed by atoms with Crippen LogP contribution in [0.5, 0.6) is 0 Å². The van der Waals surface area contributed by atoms with Crippen LogP contribution in [-0.2, 0) is 22.4 Å². The first-order valence-electron chi connectivity index (χ1n) is 13.6. The van der Waals surface area contributed by atoms with Crippen molar-refractivity contribution in [1.82, 2.24) is 20.3 Å². The number of carbonyl (C=O) groups excluding carboxylic acids is 3. The number of guanidine groups is 1. The largest absolute Gasteiger partial charge is 0.331 e. The molecule has 11 heteroatoms. The van der Waals surface area contributed by atoms with Gasteiger partial charge in [-0.15, -0.1) is 0 Å². The Morgan fingerprint density at radius 1 is 0.837 bits per heavy atom. The highest BCUT2D eigenvalue weighted by atomic mass is 16.2. The minimum absolute atomic E-state index is 0.0331. The molecule has 0 fully saturated rings. The van der Waals surface area contributed by atoms with Gasteiger partial charge in [0.05, 0.1) is 23.4 Å². The summed E-state index contributed by atoms with van der Waals surface area (Å²) >= 11 is 0. The Kier molecular flexibility index (Phi) is 9.13. The third-order valence-electron chi connectivity index (χ3n) is 6.53. The summed E-state index contributed by atoms with van der Waals surface area (Å²) in [6, 6.07) is 24.2. The molecule has 0 spiro atoms. The molecule has 43 heavy (non-hydrogen) atoms. The van der Waals surface area contributed by atoms with E-state index in [4.69, 9.17) is 0 Å². The van der Waals surface area contributed by atoms with Gasteiger partial charge in [-0.05, 0) is 41.6 Å². The molecule has 0 unspecified atom stereocenters. The van der Waals surface area contributed by atoms with E-state index < -0.39 is 5.91 Å². The number of aryl methyl sites for hydroxylation is 1. The Morgan fingerprint density at radius 3 is 2.40 bits per heavy atom. The third-order valence-corrected chi connectivity index (χ3v) is 6.53. The number of pyridine rings is 1. The number of anilines is 3. The average Bonchev–Trinajstić information content (AvgIpc) is 3.54. The highest BCUT2D eigenvalue weighted by molar-refractivity contribution is 6.12. The molecule has 0 aliphatic rings. The first kappa shape index (κ1) is 28.7. The Morgan fingerprint density at radius 2 is 1.63 bits per heavy atom. The molecular weight excluding hydrogens is 544 g/mol. The van der Waals surface area contributed by atoms with Crippen LogP contribution in [0.2, 0.25) is 0 Å². The van der Waals surface area contributed by atoms with Crippen LogP contribution in [-0.4, -0.2) is 45.7 Å². The maximum Gasteiger partial charge on any atom is 0.260 e. The van der Waals surface area contributed by atoms with Crippen molar-refractivity contribution in [3.05, 3.63) is 114 Å². The quantitative estimate of drug-likeness (QED) is 0.129. The minimum atomic E-state index is -0.486. The number of aliphatic imine (C=N–C) groups is 1. The first-order chi connectivity index (χ1) is 21.0.